The Morgan fingerprint density at radius 1 is 0.733 bits per heavy atom. The second-order valence-electron chi connectivity index (χ2n) is 20.5. The molecule has 0 bridgehead atoms. The molecule has 0 aliphatic carbocycles. The number of hydrazone groups is 2. The second-order valence-corrected chi connectivity index (χ2v) is 25.2. The summed E-state index contributed by atoms with van der Waals surface area (Å²) in [5.74, 6) is -0.381. The molecule has 3 amide bonds. The highest BCUT2D eigenvalue weighted by molar-refractivity contribution is 6.91. The number of carbonyl (C=O) groups is 3. The number of aryl methyl sites for hydroxylation is 1. The topological polar surface area (TPSA) is 155 Å². The molecule has 0 radical (unpaired) electrons. The third-order valence-corrected chi connectivity index (χ3v) is 20.1. The van der Waals surface area contributed by atoms with E-state index in [0.717, 1.165) is 39.4 Å². The molecule has 5 atom stereocenters. The highest BCUT2D eigenvalue weighted by Crippen LogP contribution is 2.61. The first-order chi connectivity index (χ1) is 36.5. The molecule has 7 aromatic rings. The van der Waals surface area contributed by atoms with Crippen LogP contribution in [0.1, 0.15) is 78.5 Å². The summed E-state index contributed by atoms with van der Waals surface area (Å²) in [4.78, 5) is 45.4. The van der Waals surface area contributed by atoms with Crippen molar-refractivity contribution in [3.63, 3.8) is 0 Å². The molecule has 4 aliphatic rings. The van der Waals surface area contributed by atoms with Crippen LogP contribution in [-0.4, -0.2) is 77.1 Å². The number of benzene rings is 6. The summed E-state index contributed by atoms with van der Waals surface area (Å²) in [6, 6.07) is 51.3. The lowest BCUT2D eigenvalue weighted by Gasteiger charge is -2.37. The van der Waals surface area contributed by atoms with Crippen LogP contribution >= 0.6 is 0 Å². The van der Waals surface area contributed by atoms with Crippen LogP contribution in [0.4, 0.5) is 17.1 Å². The van der Waals surface area contributed by atoms with Crippen LogP contribution in [0.25, 0.3) is 0 Å². The van der Waals surface area contributed by atoms with Crippen molar-refractivity contribution in [3.05, 3.63) is 197 Å². The summed E-state index contributed by atoms with van der Waals surface area (Å²) in [5, 5.41) is 33.6. The van der Waals surface area contributed by atoms with Gasteiger partial charge in [0.15, 0.2) is 5.60 Å². The van der Waals surface area contributed by atoms with Crippen molar-refractivity contribution in [3.8, 4) is 5.75 Å². The maximum atomic E-state index is 16.1. The molecular formula is C60H60N8O6Si. The summed E-state index contributed by atoms with van der Waals surface area (Å²) in [7, 11) is -0.920. The van der Waals surface area contributed by atoms with Gasteiger partial charge in [-0.3, -0.25) is 19.1 Å². The van der Waals surface area contributed by atoms with Crippen molar-refractivity contribution in [2.75, 3.05) is 28.6 Å². The summed E-state index contributed by atoms with van der Waals surface area (Å²) < 4.78 is 15.0. The zero-order valence-electron chi connectivity index (χ0n) is 42.6. The zero-order valence-corrected chi connectivity index (χ0v) is 43.6. The molecule has 11 rings (SSSR count). The van der Waals surface area contributed by atoms with E-state index in [1.54, 1.807) is 7.11 Å². The number of anilines is 3. The molecule has 1 fully saturated rings. The summed E-state index contributed by atoms with van der Waals surface area (Å²) in [6.45, 7) is 7.36. The maximum Gasteiger partial charge on any atom is 0.264 e. The molecule has 1 spiro atoms. The Morgan fingerprint density at radius 3 is 1.96 bits per heavy atom. The first-order valence-corrected chi connectivity index (χ1v) is 28.9. The van der Waals surface area contributed by atoms with Crippen LogP contribution in [0.5, 0.6) is 5.75 Å². The van der Waals surface area contributed by atoms with Gasteiger partial charge in [-0.1, -0.05) is 146 Å². The Balaban J connectivity index is 0.997. The highest BCUT2D eigenvalue weighted by Gasteiger charge is 2.66. The average Bonchev–Trinajstić information content (AvgIpc) is 4.11. The fraction of sp³-hybridized carbons (Fsp3) is 0.283. The minimum Gasteiger partial charge on any atom is -0.497 e. The number of fused-ring (bicyclic) bond motifs is 2. The Morgan fingerprint density at radius 2 is 1.35 bits per heavy atom. The molecule has 75 heavy (non-hydrogen) atoms. The van der Waals surface area contributed by atoms with Gasteiger partial charge in [-0.15, -0.1) is 5.10 Å². The van der Waals surface area contributed by atoms with E-state index in [1.807, 2.05) is 161 Å². The van der Waals surface area contributed by atoms with Gasteiger partial charge in [0.25, 0.3) is 5.91 Å². The van der Waals surface area contributed by atoms with Crippen molar-refractivity contribution in [1.29, 1.82) is 0 Å². The van der Waals surface area contributed by atoms with Crippen LogP contribution < -0.4 is 24.8 Å². The number of nitrogens with zero attached hydrogens (tertiary/aromatic N) is 8. The lowest BCUT2D eigenvalue weighted by molar-refractivity contribution is -0.146. The normalized spacial score (nSPS) is 21.1. The van der Waals surface area contributed by atoms with Gasteiger partial charge in [0.2, 0.25) is 11.8 Å². The van der Waals surface area contributed by atoms with Gasteiger partial charge >= 0.3 is 0 Å². The van der Waals surface area contributed by atoms with E-state index in [0.29, 0.717) is 60.5 Å². The zero-order chi connectivity index (χ0) is 51.8. The Bertz CT molecular complexity index is 3310. The maximum absolute atomic E-state index is 16.1. The van der Waals surface area contributed by atoms with E-state index < -0.39 is 19.8 Å². The highest BCUT2D eigenvalue weighted by atomic mass is 28.3. The van der Waals surface area contributed by atoms with Gasteiger partial charge < -0.3 is 19.5 Å². The number of hydrogen-bond acceptors (Lipinski definition) is 10. The van der Waals surface area contributed by atoms with E-state index in [9.17, 15) is 14.7 Å². The van der Waals surface area contributed by atoms with Crippen LogP contribution in [0, 0.1) is 5.92 Å². The lowest BCUT2D eigenvalue weighted by Crippen LogP contribution is -2.51. The molecule has 0 saturated carbocycles. The van der Waals surface area contributed by atoms with Gasteiger partial charge in [-0.05, 0) is 76.7 Å². The van der Waals surface area contributed by atoms with Crippen molar-refractivity contribution in [1.82, 2.24) is 15.0 Å². The van der Waals surface area contributed by atoms with Gasteiger partial charge in [0.05, 0.1) is 74.5 Å². The van der Waals surface area contributed by atoms with Gasteiger partial charge in [-0.25, -0.2) is 10.0 Å². The van der Waals surface area contributed by atoms with E-state index in [4.69, 9.17) is 19.7 Å². The minimum atomic E-state index is -2.58. The monoisotopic (exact) mass is 1020 g/mol. The van der Waals surface area contributed by atoms with Crippen LogP contribution in [-0.2, 0) is 37.8 Å². The van der Waals surface area contributed by atoms with Crippen molar-refractivity contribution < 1.29 is 29.0 Å². The molecule has 380 valence electrons. The van der Waals surface area contributed by atoms with Crippen molar-refractivity contribution >= 4 is 59.5 Å². The number of hydrogen-bond donors (Lipinski definition) is 1. The largest absolute Gasteiger partial charge is 0.497 e. The predicted molar refractivity (Wildman–Crippen MR) is 293 cm³/mol. The first-order valence-electron chi connectivity index (χ1n) is 25.8. The number of amides is 3. The van der Waals surface area contributed by atoms with Crippen LogP contribution in [0.15, 0.2) is 174 Å². The lowest BCUT2D eigenvalue weighted by atomic mass is 9.82. The summed E-state index contributed by atoms with van der Waals surface area (Å²) in [6.07, 6.45) is 3.63. The molecule has 6 aromatic carbocycles. The fourth-order valence-electron chi connectivity index (χ4n) is 11.9. The standard InChI is InChI=1S/C60H60N8O6Si/c1-40-58(75(3,4)48-26-24-47(73-2)25-27-48)55(33-34-65-38-53(61-64-65)49(39-69)42-16-8-5-9-17-42)74-60(40)50-36-46(68-57(71)32-29-52(63-68)44-20-12-7-13-21-44)23-30-54(50)66(59(60)72)37-41-15-14-22-45(35-41)67-56(70)31-28-51(62-67)43-18-10-6-11-19-43/h5-27,30,35-36,38,40,49,55,58,69H,28-29,31-34,37,39H2,1-4H3/t40-,49?,55+,58-,60+/m0/s1. The van der Waals surface area contributed by atoms with Gasteiger partial charge in [0.1, 0.15) is 5.75 Å². The number of aliphatic hydroxyl groups excluding tert-OH is 1. The third-order valence-electron chi connectivity index (χ3n) is 15.8. The number of ether oxygens (including phenoxy) is 2. The van der Waals surface area contributed by atoms with Crippen LogP contribution in [0.2, 0.25) is 18.6 Å². The van der Waals surface area contributed by atoms with Gasteiger partial charge in [-0.2, -0.15) is 10.2 Å². The smallest absolute Gasteiger partial charge is 0.264 e. The Hall–Kier alpha value is -7.85. The van der Waals surface area contributed by atoms with E-state index in [2.05, 4.69) is 42.5 Å². The molecule has 1 saturated heterocycles. The Kier molecular flexibility index (Phi) is 13.5. The number of aromatic nitrogens is 3. The second kappa shape index (κ2) is 20.5. The molecule has 5 heterocycles. The Labute approximate surface area is 437 Å². The molecule has 15 heteroatoms. The SMILES string of the molecule is COc1ccc([Si](C)(C)[C@@H]2[C@@H](CCn3cc(C(CO)c4ccccc4)nn3)O[C@]3(C(=O)N(Cc4cccc(N5N=C(c6ccccc6)CCC5=O)c4)c4ccc(N5N=C(c6ccccc6)CCC5=O)cc43)[C@H]2C)cc1. The quantitative estimate of drug-likeness (QED) is 0.0998. The van der Waals surface area contributed by atoms with Crippen molar-refractivity contribution in [2.45, 2.75) is 88.4 Å². The molecule has 14 nitrogen and oxygen atoms in total. The minimum absolute atomic E-state index is 0.103. The first kappa shape index (κ1) is 49.4. The number of aliphatic hydroxyl groups is 1. The number of methoxy groups -OCH3 is 1. The molecule has 1 N–H and O–H groups in total. The molecular weight excluding hydrogens is 957 g/mol. The number of carbonyl (C=O) groups excluding carboxylic acids is 3. The van der Waals surface area contributed by atoms with Gasteiger partial charge in [0, 0.05) is 49.9 Å². The molecule has 1 aromatic heterocycles. The summed E-state index contributed by atoms with van der Waals surface area (Å²) in [5.41, 5.74) is 6.90. The summed E-state index contributed by atoms with van der Waals surface area (Å²) >= 11 is 0. The predicted octanol–water partition coefficient (Wildman–Crippen LogP) is 9.33. The third kappa shape index (κ3) is 9.18. The van der Waals surface area contributed by atoms with E-state index in [-0.39, 0.29) is 54.7 Å². The van der Waals surface area contributed by atoms with Crippen LogP contribution in [0.3, 0.4) is 0 Å². The van der Waals surface area contributed by atoms with E-state index >= 15 is 4.79 Å². The average molecular weight is 1020 g/mol. The number of rotatable bonds is 15. The molecule has 4 aliphatic heterocycles. The van der Waals surface area contributed by atoms with E-state index in [1.165, 1.54) is 15.2 Å². The molecule has 1 unspecified atom stereocenters. The fourth-order valence-corrected chi connectivity index (χ4v) is 16.0. The van der Waals surface area contributed by atoms with Crippen molar-refractivity contribution in [2.24, 2.45) is 16.1 Å².